The highest BCUT2D eigenvalue weighted by molar-refractivity contribution is 5.82. The van der Waals surface area contributed by atoms with Gasteiger partial charge in [0.25, 0.3) is 0 Å². The van der Waals surface area contributed by atoms with Gasteiger partial charge in [-0.15, -0.1) is 0 Å². The Bertz CT molecular complexity index is 394. The molecule has 1 aromatic carbocycles. The maximum Gasteiger partial charge on any atom is 0.133 e. The smallest absolute Gasteiger partial charge is 0.133 e. The number of Topliss-reactive ketones (excluding diaryl/α,β-unsaturated/α-hetero) is 1. The maximum atomic E-state index is 13.5. The van der Waals surface area contributed by atoms with Gasteiger partial charge in [-0.25, -0.2) is 8.78 Å². The average molecular weight is 210 g/mol. The monoisotopic (exact) mass is 210 g/mol. The van der Waals surface area contributed by atoms with Crippen molar-refractivity contribution in [2.24, 2.45) is 0 Å². The Hall–Kier alpha value is -1.25. The van der Waals surface area contributed by atoms with E-state index in [1.165, 1.54) is 18.2 Å². The molecule has 0 radical (unpaired) electrons. The van der Waals surface area contributed by atoms with E-state index in [0.717, 1.165) is 0 Å². The summed E-state index contributed by atoms with van der Waals surface area (Å²) in [6.07, 6.45) is 1.19. The molecule has 0 heterocycles. The Morgan fingerprint density at radius 3 is 2.33 bits per heavy atom. The molecule has 0 amide bonds. The number of benzene rings is 1. The van der Waals surface area contributed by atoms with E-state index in [2.05, 4.69) is 0 Å². The summed E-state index contributed by atoms with van der Waals surface area (Å²) in [5.74, 6) is -1.01. The van der Waals surface area contributed by atoms with Crippen LogP contribution in [0.2, 0.25) is 0 Å². The zero-order chi connectivity index (χ0) is 11.1. The minimum Gasteiger partial charge on any atom is -0.300 e. The van der Waals surface area contributed by atoms with Gasteiger partial charge in [0.05, 0.1) is 0 Å². The van der Waals surface area contributed by atoms with Crippen LogP contribution in [0.3, 0.4) is 0 Å². The first-order valence-electron chi connectivity index (χ1n) is 4.99. The molecule has 15 heavy (non-hydrogen) atoms. The fourth-order valence-electron chi connectivity index (χ4n) is 2.32. The fraction of sp³-hybridized carbons (Fsp3) is 0.417. The first-order valence-corrected chi connectivity index (χ1v) is 4.99. The van der Waals surface area contributed by atoms with Crippen LogP contribution in [0.4, 0.5) is 8.78 Å². The van der Waals surface area contributed by atoms with E-state index in [4.69, 9.17) is 0 Å². The topological polar surface area (TPSA) is 17.1 Å². The minimum atomic E-state index is -0.660. The number of halogens is 2. The van der Waals surface area contributed by atoms with Crippen molar-refractivity contribution < 1.29 is 13.6 Å². The van der Waals surface area contributed by atoms with Crippen molar-refractivity contribution in [2.45, 2.75) is 31.6 Å². The molecule has 2 rings (SSSR count). The minimum absolute atomic E-state index is 0.0656. The fourth-order valence-corrected chi connectivity index (χ4v) is 2.32. The molecule has 0 aliphatic heterocycles. The van der Waals surface area contributed by atoms with Gasteiger partial charge in [0.15, 0.2) is 0 Å². The second kappa shape index (κ2) is 3.40. The van der Waals surface area contributed by atoms with Gasteiger partial charge in [0.1, 0.15) is 17.4 Å². The molecule has 1 fully saturated rings. The lowest BCUT2D eigenvalue weighted by Crippen LogP contribution is -2.21. The lowest BCUT2D eigenvalue weighted by atomic mass is 9.80. The van der Waals surface area contributed by atoms with Crippen LogP contribution >= 0.6 is 0 Å². The number of ketones is 1. The van der Waals surface area contributed by atoms with Crippen molar-refractivity contribution in [3.63, 3.8) is 0 Å². The molecule has 0 spiro atoms. The van der Waals surface area contributed by atoms with Gasteiger partial charge < -0.3 is 0 Å². The van der Waals surface area contributed by atoms with Crippen molar-refractivity contribution in [3.8, 4) is 0 Å². The van der Waals surface area contributed by atoms with Crippen LogP contribution < -0.4 is 0 Å². The molecule has 1 aliphatic carbocycles. The van der Waals surface area contributed by atoms with Crippen molar-refractivity contribution in [3.05, 3.63) is 35.4 Å². The van der Waals surface area contributed by atoms with Crippen molar-refractivity contribution in [1.29, 1.82) is 0 Å². The highest BCUT2D eigenvalue weighted by Crippen LogP contribution is 2.41. The maximum absolute atomic E-state index is 13.5. The first-order chi connectivity index (χ1) is 7.03. The number of hydrogen-bond acceptors (Lipinski definition) is 1. The molecule has 80 valence electrons. The lowest BCUT2D eigenvalue weighted by Gasteiger charge is -2.24. The lowest BCUT2D eigenvalue weighted by molar-refractivity contribution is -0.117. The Labute approximate surface area is 87.1 Å². The standard InChI is InChI=1S/C12H12F2O/c1-12(6-5-8(15)7-12)11-9(13)3-2-4-10(11)14/h2-4H,5-7H2,1H3. The summed E-state index contributed by atoms with van der Waals surface area (Å²) in [5, 5.41) is 0. The third-order valence-corrected chi connectivity index (χ3v) is 3.11. The van der Waals surface area contributed by atoms with E-state index in [-0.39, 0.29) is 17.8 Å². The van der Waals surface area contributed by atoms with Crippen LogP contribution in [0, 0.1) is 11.6 Å². The molecule has 1 unspecified atom stereocenters. The molecule has 1 aromatic rings. The summed E-state index contributed by atoms with van der Waals surface area (Å²) in [5.41, 5.74) is -0.595. The van der Waals surface area contributed by atoms with E-state index < -0.39 is 17.0 Å². The summed E-state index contributed by atoms with van der Waals surface area (Å²) in [6, 6.07) is 3.83. The van der Waals surface area contributed by atoms with Gasteiger partial charge in [-0.1, -0.05) is 13.0 Å². The van der Waals surface area contributed by atoms with E-state index in [1.807, 2.05) is 0 Å². The van der Waals surface area contributed by atoms with E-state index in [1.54, 1.807) is 6.92 Å². The Balaban J connectivity index is 2.49. The quantitative estimate of drug-likeness (QED) is 0.696. The third-order valence-electron chi connectivity index (χ3n) is 3.11. The summed E-state index contributed by atoms with van der Waals surface area (Å²) in [7, 11) is 0. The van der Waals surface area contributed by atoms with Gasteiger partial charge >= 0.3 is 0 Å². The van der Waals surface area contributed by atoms with Crippen molar-refractivity contribution in [2.75, 3.05) is 0 Å². The summed E-state index contributed by atoms with van der Waals surface area (Å²) < 4.78 is 27.0. The SMILES string of the molecule is CC1(c2c(F)cccc2F)CCC(=O)C1. The van der Waals surface area contributed by atoms with Crippen molar-refractivity contribution >= 4 is 5.78 Å². The molecule has 0 N–H and O–H groups in total. The molecular weight excluding hydrogens is 198 g/mol. The number of carbonyl (C=O) groups excluding carboxylic acids is 1. The Kier molecular flexibility index (Phi) is 2.33. The van der Waals surface area contributed by atoms with Gasteiger partial charge in [-0.05, 0) is 18.6 Å². The second-order valence-corrected chi connectivity index (χ2v) is 4.37. The molecule has 1 atom stereocenters. The van der Waals surface area contributed by atoms with Gasteiger partial charge in [0, 0.05) is 23.8 Å². The number of carbonyl (C=O) groups is 1. The third kappa shape index (κ3) is 1.66. The van der Waals surface area contributed by atoms with Crippen LogP contribution in [0.5, 0.6) is 0 Å². The van der Waals surface area contributed by atoms with Crippen LogP contribution in [0.1, 0.15) is 31.7 Å². The largest absolute Gasteiger partial charge is 0.300 e. The van der Waals surface area contributed by atoms with E-state index >= 15 is 0 Å². The predicted octanol–water partition coefficient (Wildman–Crippen LogP) is 2.98. The highest BCUT2D eigenvalue weighted by Gasteiger charge is 2.39. The van der Waals surface area contributed by atoms with Gasteiger partial charge in [-0.2, -0.15) is 0 Å². The molecular formula is C12H12F2O. The summed E-state index contributed by atoms with van der Waals surface area (Å²) in [6.45, 7) is 1.75. The molecule has 3 heteroatoms. The molecule has 0 aromatic heterocycles. The van der Waals surface area contributed by atoms with Crippen LogP contribution in [0.25, 0.3) is 0 Å². The van der Waals surface area contributed by atoms with Crippen molar-refractivity contribution in [1.82, 2.24) is 0 Å². The highest BCUT2D eigenvalue weighted by atomic mass is 19.1. The Morgan fingerprint density at radius 2 is 1.87 bits per heavy atom. The molecule has 0 bridgehead atoms. The van der Waals surface area contributed by atoms with Crippen LogP contribution in [-0.4, -0.2) is 5.78 Å². The second-order valence-electron chi connectivity index (χ2n) is 4.37. The molecule has 0 saturated heterocycles. The first kappa shape index (κ1) is 10.3. The van der Waals surface area contributed by atoms with Crippen LogP contribution in [0.15, 0.2) is 18.2 Å². The molecule has 1 nitrogen and oxygen atoms in total. The Morgan fingerprint density at radius 1 is 1.27 bits per heavy atom. The summed E-state index contributed by atoms with van der Waals surface area (Å²) >= 11 is 0. The van der Waals surface area contributed by atoms with E-state index in [0.29, 0.717) is 12.8 Å². The normalized spacial score (nSPS) is 25.9. The van der Waals surface area contributed by atoms with Crippen LogP contribution in [-0.2, 0) is 10.2 Å². The van der Waals surface area contributed by atoms with E-state index in [9.17, 15) is 13.6 Å². The summed E-state index contributed by atoms with van der Waals surface area (Å²) in [4.78, 5) is 11.2. The molecule has 1 aliphatic rings. The predicted molar refractivity (Wildman–Crippen MR) is 52.6 cm³/mol. The zero-order valence-electron chi connectivity index (χ0n) is 8.52. The molecule has 1 saturated carbocycles. The van der Waals surface area contributed by atoms with Gasteiger partial charge in [-0.3, -0.25) is 4.79 Å². The zero-order valence-corrected chi connectivity index (χ0v) is 8.52. The average Bonchev–Trinajstić information content (AvgIpc) is 2.46. The number of hydrogen-bond donors (Lipinski definition) is 0. The number of rotatable bonds is 1. The van der Waals surface area contributed by atoms with Gasteiger partial charge in [0.2, 0.25) is 0 Å².